The first-order chi connectivity index (χ1) is 11.5. The van der Waals surface area contributed by atoms with Crippen molar-refractivity contribution in [3.8, 4) is 0 Å². The molecule has 2 amide bonds. The highest BCUT2D eigenvalue weighted by Gasteiger charge is 2.55. The lowest BCUT2D eigenvalue weighted by molar-refractivity contribution is -0.000254. The second-order valence-electron chi connectivity index (χ2n) is 7.43. The minimum atomic E-state index is -0.504. The Labute approximate surface area is 144 Å². The SMILES string of the molecule is CCOC(=O)c1nnc(N(C(N)=O)C23CC4CC(CC(C4)C2)C3)s1. The molecule has 8 heteroatoms. The van der Waals surface area contributed by atoms with Crippen LogP contribution in [0.3, 0.4) is 0 Å². The molecule has 1 aromatic rings. The number of hydrogen-bond donors (Lipinski definition) is 1. The highest BCUT2D eigenvalue weighted by atomic mass is 32.1. The molecule has 4 fully saturated rings. The van der Waals surface area contributed by atoms with E-state index in [1.165, 1.54) is 19.3 Å². The van der Waals surface area contributed by atoms with Gasteiger partial charge in [0.1, 0.15) is 0 Å². The van der Waals surface area contributed by atoms with Crippen LogP contribution >= 0.6 is 11.3 Å². The number of nitrogens with two attached hydrogens (primary N) is 1. The predicted octanol–water partition coefficient (Wildman–Crippen LogP) is 2.57. The Balaban J connectivity index is 1.66. The maximum atomic E-state index is 12.3. The maximum Gasteiger partial charge on any atom is 0.369 e. The van der Waals surface area contributed by atoms with Gasteiger partial charge in [0, 0.05) is 0 Å². The Bertz CT molecular complexity index is 639. The second kappa shape index (κ2) is 5.68. The van der Waals surface area contributed by atoms with Crippen molar-refractivity contribution in [2.75, 3.05) is 11.5 Å². The van der Waals surface area contributed by atoms with Crippen LogP contribution in [0, 0.1) is 17.8 Å². The van der Waals surface area contributed by atoms with Crippen molar-refractivity contribution in [1.29, 1.82) is 0 Å². The van der Waals surface area contributed by atoms with E-state index in [4.69, 9.17) is 10.5 Å². The average Bonchev–Trinajstić information content (AvgIpc) is 2.94. The number of rotatable bonds is 4. The van der Waals surface area contributed by atoms with Gasteiger partial charge in [0.15, 0.2) is 0 Å². The molecule has 0 radical (unpaired) electrons. The molecule has 0 aromatic carbocycles. The quantitative estimate of drug-likeness (QED) is 0.842. The summed E-state index contributed by atoms with van der Waals surface area (Å²) in [6.45, 7) is 2.02. The van der Waals surface area contributed by atoms with Crippen molar-refractivity contribution < 1.29 is 14.3 Å². The third-order valence-electron chi connectivity index (χ3n) is 5.76. The molecule has 0 saturated heterocycles. The molecule has 0 aliphatic heterocycles. The molecule has 7 nitrogen and oxygen atoms in total. The third-order valence-corrected chi connectivity index (χ3v) is 6.64. The molecule has 4 saturated carbocycles. The molecule has 0 spiro atoms. The van der Waals surface area contributed by atoms with Gasteiger partial charge in [-0.1, -0.05) is 11.3 Å². The van der Waals surface area contributed by atoms with Crippen LogP contribution in [0.5, 0.6) is 0 Å². The first-order valence-electron chi connectivity index (χ1n) is 8.61. The van der Waals surface area contributed by atoms with Gasteiger partial charge in [-0.3, -0.25) is 4.90 Å². The lowest BCUT2D eigenvalue weighted by atomic mass is 9.52. The molecule has 130 valence electrons. The zero-order valence-corrected chi connectivity index (χ0v) is 14.6. The summed E-state index contributed by atoms with van der Waals surface area (Å²) < 4.78 is 4.97. The van der Waals surface area contributed by atoms with Gasteiger partial charge in [-0.05, 0) is 63.2 Å². The summed E-state index contributed by atoms with van der Waals surface area (Å²) in [6, 6.07) is -0.497. The molecule has 4 aliphatic rings. The molecule has 2 N–H and O–H groups in total. The zero-order valence-electron chi connectivity index (χ0n) is 13.7. The van der Waals surface area contributed by atoms with Crippen molar-refractivity contribution in [1.82, 2.24) is 10.2 Å². The van der Waals surface area contributed by atoms with Crippen molar-refractivity contribution in [2.45, 2.75) is 51.0 Å². The lowest BCUT2D eigenvalue weighted by Gasteiger charge is -2.59. The number of nitrogens with zero attached hydrogens (tertiary/aromatic N) is 3. The van der Waals surface area contributed by atoms with Gasteiger partial charge in [-0.2, -0.15) is 0 Å². The number of ether oxygens (including phenoxy) is 1. The Morgan fingerprint density at radius 3 is 2.29 bits per heavy atom. The van der Waals surface area contributed by atoms with E-state index >= 15 is 0 Å². The molecular formula is C16H22N4O3S. The van der Waals surface area contributed by atoms with E-state index in [-0.39, 0.29) is 17.2 Å². The summed E-state index contributed by atoms with van der Waals surface area (Å²) in [6.07, 6.45) is 6.77. The van der Waals surface area contributed by atoms with Crippen molar-refractivity contribution >= 4 is 28.5 Å². The number of carbonyl (C=O) groups excluding carboxylic acids is 2. The number of hydrogen-bond acceptors (Lipinski definition) is 6. The van der Waals surface area contributed by atoms with Gasteiger partial charge in [-0.15, -0.1) is 10.2 Å². The van der Waals surface area contributed by atoms with E-state index in [1.807, 2.05) is 0 Å². The Hall–Kier alpha value is -1.70. The van der Waals surface area contributed by atoms with Crippen LogP contribution < -0.4 is 10.6 Å². The van der Waals surface area contributed by atoms with Crippen molar-refractivity contribution in [2.24, 2.45) is 23.5 Å². The molecule has 1 heterocycles. The van der Waals surface area contributed by atoms with Crippen LogP contribution in [0.1, 0.15) is 55.3 Å². The number of esters is 1. The normalized spacial score (nSPS) is 33.5. The molecule has 24 heavy (non-hydrogen) atoms. The fourth-order valence-electron chi connectivity index (χ4n) is 5.45. The predicted molar refractivity (Wildman–Crippen MR) is 88.8 cm³/mol. The number of aromatic nitrogens is 2. The molecule has 1 aromatic heterocycles. The summed E-state index contributed by atoms with van der Waals surface area (Å²) >= 11 is 1.09. The molecule has 4 aliphatic carbocycles. The van der Waals surface area contributed by atoms with Crippen LogP contribution in [-0.4, -0.2) is 34.3 Å². The summed E-state index contributed by atoms with van der Waals surface area (Å²) in [7, 11) is 0. The maximum absolute atomic E-state index is 12.3. The number of urea groups is 1. The smallest absolute Gasteiger partial charge is 0.369 e. The van der Waals surface area contributed by atoms with Crippen molar-refractivity contribution in [3.63, 3.8) is 0 Å². The molecule has 5 rings (SSSR count). The van der Waals surface area contributed by atoms with Crippen LogP contribution in [0.2, 0.25) is 0 Å². The van der Waals surface area contributed by atoms with Crippen molar-refractivity contribution in [3.05, 3.63) is 5.01 Å². The summed E-state index contributed by atoms with van der Waals surface area (Å²) in [5.74, 6) is 1.53. The van der Waals surface area contributed by atoms with E-state index < -0.39 is 12.0 Å². The highest BCUT2D eigenvalue weighted by molar-refractivity contribution is 7.17. The topological polar surface area (TPSA) is 98.4 Å². The largest absolute Gasteiger partial charge is 0.461 e. The average molecular weight is 350 g/mol. The van der Waals surface area contributed by atoms with Gasteiger partial charge in [-0.25, -0.2) is 9.59 Å². The van der Waals surface area contributed by atoms with Gasteiger partial charge in [0.05, 0.1) is 12.1 Å². The van der Waals surface area contributed by atoms with Crippen LogP contribution in [0.4, 0.5) is 9.93 Å². The molecule has 0 unspecified atom stereocenters. The standard InChI is InChI=1S/C16H22N4O3S/c1-2-23-13(21)12-18-19-15(24-12)20(14(17)22)16-6-9-3-10(7-16)5-11(4-9)8-16/h9-11H,2-8H2,1H3,(H2,17,22). The molecule has 0 atom stereocenters. The third kappa shape index (κ3) is 2.47. The van der Waals surface area contributed by atoms with E-state index in [0.717, 1.165) is 30.6 Å². The molecular weight excluding hydrogens is 328 g/mol. The Morgan fingerprint density at radius 1 is 1.21 bits per heavy atom. The summed E-state index contributed by atoms with van der Waals surface area (Å²) in [5.41, 5.74) is 5.50. The van der Waals surface area contributed by atoms with Gasteiger partial charge in [0.25, 0.3) is 0 Å². The fraction of sp³-hybridized carbons (Fsp3) is 0.750. The van der Waals surface area contributed by atoms with Gasteiger partial charge >= 0.3 is 12.0 Å². The fourth-order valence-corrected chi connectivity index (χ4v) is 6.30. The molecule has 4 bridgehead atoms. The van der Waals surface area contributed by atoms with E-state index in [9.17, 15) is 9.59 Å². The van der Waals surface area contributed by atoms with Crippen LogP contribution in [0.15, 0.2) is 0 Å². The monoisotopic (exact) mass is 350 g/mol. The van der Waals surface area contributed by atoms with Crippen LogP contribution in [0.25, 0.3) is 0 Å². The summed E-state index contributed by atoms with van der Waals surface area (Å²) in [5, 5.41) is 8.59. The number of anilines is 1. The minimum Gasteiger partial charge on any atom is -0.461 e. The Kier molecular flexibility index (Phi) is 3.74. The number of amides is 2. The van der Waals surface area contributed by atoms with Crippen LogP contribution in [-0.2, 0) is 4.74 Å². The lowest BCUT2D eigenvalue weighted by Crippen LogP contribution is -2.63. The summed E-state index contributed by atoms with van der Waals surface area (Å²) in [4.78, 5) is 25.8. The van der Waals surface area contributed by atoms with Gasteiger partial charge in [0.2, 0.25) is 10.1 Å². The zero-order chi connectivity index (χ0) is 16.9. The number of carbonyl (C=O) groups is 2. The highest BCUT2D eigenvalue weighted by Crippen LogP contribution is 2.58. The van der Waals surface area contributed by atoms with E-state index in [0.29, 0.717) is 22.9 Å². The minimum absolute atomic E-state index is 0.169. The Morgan fingerprint density at radius 2 is 1.79 bits per heavy atom. The number of primary amides is 1. The second-order valence-corrected chi connectivity index (χ2v) is 8.38. The first-order valence-corrected chi connectivity index (χ1v) is 9.42. The van der Waals surface area contributed by atoms with Gasteiger partial charge < -0.3 is 10.5 Å². The van der Waals surface area contributed by atoms with E-state index in [2.05, 4.69) is 10.2 Å². The first kappa shape index (κ1) is 15.8. The van der Waals surface area contributed by atoms with E-state index in [1.54, 1.807) is 11.8 Å².